The van der Waals surface area contributed by atoms with E-state index < -0.39 is 0 Å². The van der Waals surface area contributed by atoms with Crippen LogP contribution in [-0.2, 0) is 16.1 Å². The minimum Gasteiger partial charge on any atom is -0.467 e. The van der Waals surface area contributed by atoms with Gasteiger partial charge in [0.25, 0.3) is 0 Å². The van der Waals surface area contributed by atoms with Gasteiger partial charge in [-0.1, -0.05) is 24.3 Å². The molecule has 2 heterocycles. The molecular weight excluding hydrogens is 318 g/mol. The standard InChI is InChI=1S/C19H17N3O3/c23-17(22-13-18(24)21-12-16-7-3-11-25-16)9-8-15-5-1-4-14-6-2-10-20-19(14)15/h1-11H,12-13H2,(H,21,24)(H,22,23)/b9-8+. The Hall–Kier alpha value is -3.41. The fraction of sp³-hybridized carbons (Fsp3) is 0.105. The third-order valence-corrected chi connectivity index (χ3v) is 3.54. The van der Waals surface area contributed by atoms with Gasteiger partial charge in [-0.15, -0.1) is 0 Å². The molecule has 3 rings (SSSR count). The molecule has 2 aromatic heterocycles. The fourth-order valence-corrected chi connectivity index (χ4v) is 2.32. The first-order valence-corrected chi connectivity index (χ1v) is 7.81. The summed E-state index contributed by atoms with van der Waals surface area (Å²) in [5.74, 6) is 0.0223. The molecule has 0 saturated heterocycles. The van der Waals surface area contributed by atoms with Crippen molar-refractivity contribution in [2.24, 2.45) is 0 Å². The van der Waals surface area contributed by atoms with Crippen molar-refractivity contribution >= 4 is 28.8 Å². The number of carbonyl (C=O) groups is 2. The lowest BCUT2D eigenvalue weighted by atomic mass is 10.1. The van der Waals surface area contributed by atoms with Crippen molar-refractivity contribution in [2.45, 2.75) is 6.54 Å². The zero-order chi connectivity index (χ0) is 17.5. The Morgan fingerprint density at radius 1 is 1.08 bits per heavy atom. The number of benzene rings is 1. The molecule has 0 aliphatic carbocycles. The number of carbonyl (C=O) groups excluding carboxylic acids is 2. The Balaban J connectivity index is 1.51. The predicted molar refractivity (Wildman–Crippen MR) is 94.3 cm³/mol. The van der Waals surface area contributed by atoms with Crippen LogP contribution in [0.3, 0.4) is 0 Å². The first-order chi connectivity index (χ1) is 12.2. The minimum absolute atomic E-state index is 0.0995. The van der Waals surface area contributed by atoms with Crippen molar-refractivity contribution in [2.75, 3.05) is 6.54 Å². The highest BCUT2D eigenvalue weighted by Gasteiger charge is 2.04. The average Bonchev–Trinajstić information content (AvgIpc) is 3.16. The number of para-hydroxylation sites is 1. The maximum absolute atomic E-state index is 11.9. The van der Waals surface area contributed by atoms with Crippen molar-refractivity contribution in [1.29, 1.82) is 0 Å². The van der Waals surface area contributed by atoms with Gasteiger partial charge < -0.3 is 15.1 Å². The van der Waals surface area contributed by atoms with Gasteiger partial charge in [-0.25, -0.2) is 0 Å². The Labute approximate surface area is 144 Å². The number of aromatic nitrogens is 1. The fourth-order valence-electron chi connectivity index (χ4n) is 2.32. The van der Waals surface area contributed by atoms with E-state index in [4.69, 9.17) is 4.42 Å². The SMILES string of the molecule is O=C(/C=C/c1cccc2cccnc12)NCC(=O)NCc1ccco1. The lowest BCUT2D eigenvalue weighted by molar-refractivity contribution is -0.124. The smallest absolute Gasteiger partial charge is 0.244 e. The summed E-state index contributed by atoms with van der Waals surface area (Å²) in [4.78, 5) is 27.9. The second kappa shape index (κ2) is 7.92. The van der Waals surface area contributed by atoms with E-state index in [1.54, 1.807) is 24.4 Å². The number of hydrogen-bond donors (Lipinski definition) is 2. The monoisotopic (exact) mass is 335 g/mol. The highest BCUT2D eigenvalue weighted by Crippen LogP contribution is 2.16. The molecule has 6 nitrogen and oxygen atoms in total. The van der Waals surface area contributed by atoms with Gasteiger partial charge in [0.15, 0.2) is 0 Å². The second-order valence-electron chi connectivity index (χ2n) is 5.33. The summed E-state index contributed by atoms with van der Waals surface area (Å²) in [7, 11) is 0. The van der Waals surface area contributed by atoms with Gasteiger partial charge >= 0.3 is 0 Å². The van der Waals surface area contributed by atoms with Crippen LogP contribution in [0.2, 0.25) is 0 Å². The quantitative estimate of drug-likeness (QED) is 0.677. The Morgan fingerprint density at radius 2 is 1.96 bits per heavy atom. The summed E-state index contributed by atoms with van der Waals surface area (Å²) in [6.07, 6.45) is 6.33. The first-order valence-electron chi connectivity index (χ1n) is 7.81. The van der Waals surface area contributed by atoms with E-state index in [0.717, 1.165) is 16.5 Å². The molecule has 0 bridgehead atoms. The normalized spacial score (nSPS) is 10.9. The van der Waals surface area contributed by atoms with Crippen LogP contribution in [0.15, 0.2) is 65.4 Å². The Kier molecular flexibility index (Phi) is 5.21. The van der Waals surface area contributed by atoms with E-state index in [2.05, 4.69) is 15.6 Å². The van der Waals surface area contributed by atoms with Crippen molar-refractivity contribution in [3.63, 3.8) is 0 Å². The van der Waals surface area contributed by atoms with Gasteiger partial charge in [-0.05, 0) is 24.3 Å². The molecule has 0 atom stereocenters. The van der Waals surface area contributed by atoms with Gasteiger partial charge in [0, 0.05) is 23.2 Å². The third kappa shape index (κ3) is 4.54. The lowest BCUT2D eigenvalue weighted by Gasteiger charge is -2.04. The second-order valence-corrected chi connectivity index (χ2v) is 5.33. The highest BCUT2D eigenvalue weighted by atomic mass is 16.3. The number of rotatable bonds is 6. The molecule has 2 amide bonds. The minimum atomic E-state index is -0.346. The molecule has 0 radical (unpaired) electrons. The van der Waals surface area contributed by atoms with Crippen LogP contribution < -0.4 is 10.6 Å². The number of fused-ring (bicyclic) bond motifs is 1. The highest BCUT2D eigenvalue weighted by molar-refractivity contribution is 5.96. The molecule has 2 N–H and O–H groups in total. The number of furan rings is 1. The molecule has 0 aliphatic heterocycles. The summed E-state index contributed by atoms with van der Waals surface area (Å²) in [6.45, 7) is 0.191. The van der Waals surface area contributed by atoms with E-state index in [9.17, 15) is 9.59 Å². The van der Waals surface area contributed by atoms with Crippen LogP contribution >= 0.6 is 0 Å². The molecule has 126 valence electrons. The van der Waals surface area contributed by atoms with Crippen molar-refractivity contribution in [3.8, 4) is 0 Å². The van der Waals surface area contributed by atoms with Gasteiger partial charge in [0.2, 0.25) is 11.8 Å². The molecule has 3 aromatic rings. The molecule has 0 fully saturated rings. The van der Waals surface area contributed by atoms with Crippen molar-refractivity contribution < 1.29 is 14.0 Å². The van der Waals surface area contributed by atoms with Crippen LogP contribution in [0.4, 0.5) is 0 Å². The van der Waals surface area contributed by atoms with Crippen LogP contribution in [0.1, 0.15) is 11.3 Å². The largest absolute Gasteiger partial charge is 0.467 e. The number of hydrogen-bond acceptors (Lipinski definition) is 4. The summed E-state index contributed by atoms with van der Waals surface area (Å²) in [5.41, 5.74) is 1.67. The van der Waals surface area contributed by atoms with E-state index in [1.165, 1.54) is 12.3 Å². The lowest BCUT2D eigenvalue weighted by Crippen LogP contribution is -2.35. The molecule has 1 aromatic carbocycles. The van der Waals surface area contributed by atoms with Gasteiger partial charge in [-0.2, -0.15) is 0 Å². The van der Waals surface area contributed by atoms with Crippen LogP contribution in [0.5, 0.6) is 0 Å². The topological polar surface area (TPSA) is 84.2 Å². The summed E-state index contributed by atoms with van der Waals surface area (Å²) in [6, 6.07) is 13.1. The molecule has 0 saturated carbocycles. The number of nitrogens with one attached hydrogen (secondary N) is 2. The van der Waals surface area contributed by atoms with Crippen LogP contribution in [-0.4, -0.2) is 23.3 Å². The summed E-state index contributed by atoms with van der Waals surface area (Å²) in [5, 5.41) is 6.20. The molecule has 0 aliphatic rings. The van der Waals surface area contributed by atoms with E-state index >= 15 is 0 Å². The Bertz CT molecular complexity index is 896. The van der Waals surface area contributed by atoms with Crippen LogP contribution in [0.25, 0.3) is 17.0 Å². The first kappa shape index (κ1) is 16.4. The zero-order valence-corrected chi connectivity index (χ0v) is 13.4. The molecular formula is C19H17N3O3. The van der Waals surface area contributed by atoms with Gasteiger partial charge in [0.1, 0.15) is 5.76 Å². The number of amides is 2. The maximum Gasteiger partial charge on any atom is 0.244 e. The molecule has 0 unspecified atom stereocenters. The van der Waals surface area contributed by atoms with E-state index in [1.807, 2.05) is 30.3 Å². The summed E-state index contributed by atoms with van der Waals surface area (Å²) < 4.78 is 5.11. The van der Waals surface area contributed by atoms with Crippen molar-refractivity contribution in [3.05, 3.63) is 72.3 Å². The molecule has 25 heavy (non-hydrogen) atoms. The zero-order valence-electron chi connectivity index (χ0n) is 13.4. The Morgan fingerprint density at radius 3 is 2.80 bits per heavy atom. The average molecular weight is 335 g/mol. The molecule has 6 heteroatoms. The van der Waals surface area contributed by atoms with Gasteiger partial charge in [0.05, 0.1) is 24.9 Å². The van der Waals surface area contributed by atoms with E-state index in [-0.39, 0.29) is 18.4 Å². The number of pyridine rings is 1. The third-order valence-electron chi connectivity index (χ3n) is 3.54. The maximum atomic E-state index is 11.9. The van der Waals surface area contributed by atoms with E-state index in [0.29, 0.717) is 12.3 Å². The van der Waals surface area contributed by atoms with Crippen LogP contribution in [0, 0.1) is 0 Å². The number of nitrogens with zero attached hydrogens (tertiary/aromatic N) is 1. The van der Waals surface area contributed by atoms with Gasteiger partial charge in [-0.3, -0.25) is 14.6 Å². The summed E-state index contributed by atoms with van der Waals surface area (Å²) >= 11 is 0. The van der Waals surface area contributed by atoms with Crippen molar-refractivity contribution in [1.82, 2.24) is 15.6 Å². The molecule has 0 spiro atoms. The predicted octanol–water partition coefficient (Wildman–Crippen LogP) is 2.27.